The molecule has 0 aromatic rings. The molecule has 0 fully saturated rings. The van der Waals surface area contributed by atoms with Crippen LogP contribution < -0.4 is 0 Å². The predicted molar refractivity (Wildman–Crippen MR) is 29.5 cm³/mol. The predicted octanol–water partition coefficient (Wildman–Crippen LogP) is -0.828. The summed E-state index contributed by atoms with van der Waals surface area (Å²) in [4.78, 5) is 24.9. The van der Waals surface area contributed by atoms with Crippen LogP contribution in [0.25, 0.3) is 0 Å². The van der Waals surface area contributed by atoms with E-state index in [2.05, 4.69) is 0 Å². The minimum Gasteiger partial charge on any atom is -0.356 e. The quantitative estimate of drug-likeness (QED) is 0.320. The summed E-state index contributed by atoms with van der Waals surface area (Å²) >= 11 is 0. The van der Waals surface area contributed by atoms with Gasteiger partial charge in [0.2, 0.25) is 0 Å². The Balaban J connectivity index is -0.0000000450. The molecule has 0 rings (SSSR count). The molecule has 0 aliphatic carbocycles. The first-order chi connectivity index (χ1) is 5.20. The summed E-state index contributed by atoms with van der Waals surface area (Å²) in [5.41, 5.74) is 0. The van der Waals surface area contributed by atoms with E-state index in [9.17, 15) is 0 Å². The topological polar surface area (TPSA) is 196 Å². The Hall–Kier alpha value is -1.88. The van der Waals surface area contributed by atoms with Crippen LogP contribution in [0, 0.1) is 40.8 Å². The van der Waals surface area contributed by atoms with Gasteiger partial charge in [-0.25, -0.2) is 0 Å². The Morgan fingerprint density at radius 3 is 0.769 bits per heavy atom. The molecule has 0 atom stereocenters. The molecule has 0 unspecified atom stereocenters. The van der Waals surface area contributed by atoms with Gasteiger partial charge >= 0.3 is 17.1 Å². The maximum Gasteiger partial charge on any atom is 2.00 e. The largest absolute Gasteiger partial charge is 2.00 e. The second-order valence-corrected chi connectivity index (χ2v) is 0.685. The number of hydrogen-bond acceptors (Lipinski definition) is 8. The van der Waals surface area contributed by atoms with Crippen LogP contribution in [-0.4, -0.2) is 20.5 Å². The van der Waals surface area contributed by atoms with E-state index in [1.807, 2.05) is 0 Å². The van der Waals surface area contributed by atoms with E-state index >= 15 is 0 Å². The van der Waals surface area contributed by atoms with Crippen molar-refractivity contribution in [1.82, 2.24) is 0 Å². The fourth-order valence-electron chi connectivity index (χ4n) is 0. The zero-order valence-electron chi connectivity index (χ0n) is 5.41. The molecular formula is HFeN3O9. The van der Waals surface area contributed by atoms with Gasteiger partial charge in [-0.1, -0.05) is 0 Å². The molecule has 0 aliphatic heterocycles. The van der Waals surface area contributed by atoms with E-state index in [1.54, 1.807) is 0 Å². The Labute approximate surface area is 79.2 Å². The fourth-order valence-corrected chi connectivity index (χ4v) is 0. The molecule has 0 saturated carbocycles. The zero-order valence-corrected chi connectivity index (χ0v) is 6.51. The smallest absolute Gasteiger partial charge is 0.356 e. The van der Waals surface area contributed by atoms with Gasteiger partial charge in [0.25, 0.3) is 5.09 Å². The molecule has 78 valence electrons. The number of rotatable bonds is 0. The summed E-state index contributed by atoms with van der Waals surface area (Å²) in [7, 11) is 0. The van der Waals surface area contributed by atoms with Crippen molar-refractivity contribution in [3.8, 4) is 0 Å². The minimum atomic E-state index is -1.75. The van der Waals surface area contributed by atoms with Crippen LogP contribution in [0.2, 0.25) is 0 Å². The summed E-state index contributed by atoms with van der Waals surface area (Å²) in [5, 5.41) is 43.1. The molecule has 12 nitrogen and oxygen atoms in total. The van der Waals surface area contributed by atoms with Gasteiger partial charge in [0, 0.05) is 0 Å². The molecule has 0 spiro atoms. The second-order valence-electron chi connectivity index (χ2n) is 0.685. The zero-order chi connectivity index (χ0) is 10.7. The first-order valence-electron chi connectivity index (χ1n) is 1.66. The van der Waals surface area contributed by atoms with Crippen molar-refractivity contribution in [2.75, 3.05) is 0 Å². The van der Waals surface area contributed by atoms with E-state index in [0.29, 0.717) is 0 Å². The molecule has 0 aliphatic rings. The maximum absolute atomic E-state index is 8.36. The molecular weight excluding hydrogens is 242 g/mol. The minimum absolute atomic E-state index is 0. The maximum atomic E-state index is 8.36. The van der Waals surface area contributed by atoms with Crippen LogP contribution in [-0.2, 0) is 17.1 Å². The molecule has 0 radical (unpaired) electrons. The molecule has 0 aromatic carbocycles. The first-order valence-corrected chi connectivity index (χ1v) is 1.66. The van der Waals surface area contributed by atoms with Crippen molar-refractivity contribution in [3.63, 3.8) is 0 Å². The summed E-state index contributed by atoms with van der Waals surface area (Å²) in [5.74, 6) is 0. The van der Waals surface area contributed by atoms with Gasteiger partial charge in [-0.05, 0) is 0 Å². The molecule has 13 heavy (non-hydrogen) atoms. The average molecular weight is 243 g/mol. The van der Waals surface area contributed by atoms with Gasteiger partial charge in [-0.15, -0.1) is 10.1 Å². The van der Waals surface area contributed by atoms with Gasteiger partial charge in [0.15, 0.2) is 0 Å². The number of nitrogens with zero attached hydrogens (tertiary/aromatic N) is 3. The fraction of sp³-hybridized carbons (Fsp3) is 0. The van der Waals surface area contributed by atoms with E-state index in [1.165, 1.54) is 0 Å². The average Bonchev–Trinajstić information content (AvgIpc) is 1.54. The Kier molecular flexibility index (Phi) is 28.7. The monoisotopic (exact) mass is 243 g/mol. The van der Waals surface area contributed by atoms with Crippen molar-refractivity contribution >= 4 is 0 Å². The van der Waals surface area contributed by atoms with E-state index < -0.39 is 15.3 Å². The molecule has 0 heterocycles. The third-order valence-electron chi connectivity index (χ3n) is 0. The van der Waals surface area contributed by atoms with Crippen LogP contribution in [0.1, 0.15) is 0 Å². The van der Waals surface area contributed by atoms with Gasteiger partial charge < -0.3 is 35.9 Å². The summed E-state index contributed by atoms with van der Waals surface area (Å²) < 4.78 is 0. The van der Waals surface area contributed by atoms with Gasteiger partial charge in [-0.3, -0.25) is 0 Å². The standard InChI is InChI=1S/Fe.HNO3.2NO3/c;3*2-1(3)4/h;(H,2,3,4);;/q+2;;2*-1. The van der Waals surface area contributed by atoms with Gasteiger partial charge in [0.1, 0.15) is 0 Å². The van der Waals surface area contributed by atoms with Crippen molar-refractivity contribution < 1.29 is 37.5 Å². The Morgan fingerprint density at radius 1 is 0.769 bits per heavy atom. The van der Waals surface area contributed by atoms with Crippen molar-refractivity contribution in [3.05, 3.63) is 40.8 Å². The van der Waals surface area contributed by atoms with Crippen LogP contribution in [0.3, 0.4) is 0 Å². The van der Waals surface area contributed by atoms with Gasteiger partial charge in [0.05, 0.1) is 10.2 Å². The SMILES string of the molecule is O=[N+]([O-])O.O=[N+]([O-])[O-].O=[N+]([O-])[O-].[Fe+2]. The summed E-state index contributed by atoms with van der Waals surface area (Å²) in [6, 6.07) is 0. The van der Waals surface area contributed by atoms with Crippen LogP contribution in [0.5, 0.6) is 0 Å². The Morgan fingerprint density at radius 2 is 0.769 bits per heavy atom. The normalized spacial score (nSPS) is 5.54. The molecule has 0 amide bonds. The molecule has 0 bridgehead atoms. The van der Waals surface area contributed by atoms with Gasteiger partial charge in [-0.2, -0.15) is 0 Å². The van der Waals surface area contributed by atoms with E-state index in [-0.39, 0.29) is 17.1 Å². The van der Waals surface area contributed by atoms with Crippen molar-refractivity contribution in [2.45, 2.75) is 0 Å². The second kappa shape index (κ2) is 16.6. The molecule has 0 saturated heterocycles. The summed E-state index contributed by atoms with van der Waals surface area (Å²) in [6.07, 6.45) is 0. The van der Waals surface area contributed by atoms with Crippen molar-refractivity contribution in [1.29, 1.82) is 0 Å². The van der Waals surface area contributed by atoms with Crippen molar-refractivity contribution in [2.24, 2.45) is 0 Å². The molecule has 13 heteroatoms. The number of hydrogen-bond donors (Lipinski definition) is 1. The third kappa shape index (κ3) is 189. The summed E-state index contributed by atoms with van der Waals surface area (Å²) in [6.45, 7) is 0. The van der Waals surface area contributed by atoms with E-state index in [4.69, 9.17) is 46.0 Å². The first kappa shape index (κ1) is 22.5. The van der Waals surface area contributed by atoms with Crippen LogP contribution in [0.15, 0.2) is 0 Å². The van der Waals surface area contributed by atoms with Crippen LogP contribution >= 0.6 is 0 Å². The molecule has 0 aromatic heterocycles. The van der Waals surface area contributed by atoms with E-state index in [0.717, 1.165) is 0 Å². The molecule has 1 N–H and O–H groups in total. The van der Waals surface area contributed by atoms with Crippen LogP contribution in [0.4, 0.5) is 0 Å². The third-order valence-corrected chi connectivity index (χ3v) is 0. The Bertz CT molecular complexity index is 112.